The number of anilines is 4. The van der Waals surface area contributed by atoms with Crippen LogP contribution in [0.25, 0.3) is 22.3 Å². The topological polar surface area (TPSA) is 104 Å². The number of benzene rings is 3. The minimum absolute atomic E-state index is 0.584. The monoisotopic (exact) mass is 360 g/mol. The molecule has 0 radical (unpaired) electrons. The van der Waals surface area contributed by atoms with Gasteiger partial charge in [-0.2, -0.15) is 0 Å². The van der Waals surface area contributed by atoms with Gasteiger partial charge in [-0.05, 0) is 42.5 Å². The highest BCUT2D eigenvalue weighted by atomic mass is 14.6. The minimum Gasteiger partial charge on any atom is -0.398 e. The molecule has 4 nitrogen and oxygen atoms in total. The quantitative estimate of drug-likeness (QED) is 0.484. The summed E-state index contributed by atoms with van der Waals surface area (Å²) in [5.74, 6) is 0.584. The number of hydrogen-bond acceptors (Lipinski definition) is 4. The van der Waals surface area contributed by atoms with Crippen molar-refractivity contribution < 1.29 is 0 Å². The van der Waals surface area contributed by atoms with Crippen LogP contribution in [-0.4, -0.2) is 0 Å². The first-order chi connectivity index (χ1) is 12.9. The van der Waals surface area contributed by atoms with Crippen LogP contribution in [0.1, 0.15) is 25.8 Å². The van der Waals surface area contributed by atoms with E-state index in [1.54, 1.807) is 0 Å². The lowest BCUT2D eigenvalue weighted by Crippen LogP contribution is -2.06. The third-order valence-electron chi connectivity index (χ3n) is 4.93. The number of nitrogens with two attached hydrogens (primary N) is 4. The Hall–Kier alpha value is -3.14. The second kappa shape index (κ2) is 7.62. The summed E-state index contributed by atoms with van der Waals surface area (Å²) < 4.78 is 0. The molecule has 0 fully saturated rings. The molecule has 0 aliphatic heterocycles. The number of hydrogen-bond donors (Lipinski definition) is 4. The zero-order valence-corrected chi connectivity index (χ0v) is 16.0. The normalized spacial score (nSPS) is 11.1. The fraction of sp³-hybridized carbons (Fsp3) is 0.217. The van der Waals surface area contributed by atoms with Crippen molar-refractivity contribution in [3.05, 3.63) is 60.2 Å². The fourth-order valence-electron chi connectivity index (χ4n) is 3.45. The van der Waals surface area contributed by atoms with E-state index >= 15 is 0 Å². The van der Waals surface area contributed by atoms with Gasteiger partial charge in [0.2, 0.25) is 0 Å². The first-order valence-electron chi connectivity index (χ1n) is 9.30. The number of rotatable bonds is 5. The molecule has 0 saturated carbocycles. The van der Waals surface area contributed by atoms with E-state index in [0.717, 1.165) is 46.3 Å². The molecule has 8 N–H and O–H groups in total. The molecule has 0 aromatic heterocycles. The van der Waals surface area contributed by atoms with Crippen LogP contribution in [0.5, 0.6) is 0 Å². The summed E-state index contributed by atoms with van der Waals surface area (Å²) in [7, 11) is 0. The molecule has 0 unspecified atom stereocenters. The van der Waals surface area contributed by atoms with Crippen molar-refractivity contribution in [1.82, 2.24) is 0 Å². The van der Waals surface area contributed by atoms with Gasteiger partial charge >= 0.3 is 0 Å². The zero-order chi connectivity index (χ0) is 19.6. The van der Waals surface area contributed by atoms with Gasteiger partial charge in [-0.3, -0.25) is 0 Å². The van der Waals surface area contributed by atoms with E-state index in [4.69, 9.17) is 22.9 Å². The summed E-state index contributed by atoms with van der Waals surface area (Å²) in [5.41, 5.74) is 33.0. The molecule has 0 bridgehead atoms. The van der Waals surface area contributed by atoms with Crippen molar-refractivity contribution in [3.8, 4) is 22.3 Å². The van der Waals surface area contributed by atoms with Crippen LogP contribution in [0.4, 0.5) is 22.7 Å². The average Bonchev–Trinajstić information content (AvgIpc) is 2.63. The van der Waals surface area contributed by atoms with E-state index in [0.29, 0.717) is 23.0 Å². The number of para-hydroxylation sites is 2. The first-order valence-corrected chi connectivity index (χ1v) is 9.30. The summed E-state index contributed by atoms with van der Waals surface area (Å²) >= 11 is 0. The van der Waals surface area contributed by atoms with E-state index in [1.165, 1.54) is 0 Å². The molecule has 0 atom stereocenters. The Balaban J connectivity index is 2.32. The van der Waals surface area contributed by atoms with Crippen LogP contribution in [-0.2, 0) is 6.42 Å². The Bertz CT molecular complexity index is 961. The average molecular weight is 361 g/mol. The fourth-order valence-corrected chi connectivity index (χ4v) is 3.45. The summed E-state index contributed by atoms with van der Waals surface area (Å²) in [6.45, 7) is 4.41. The summed E-state index contributed by atoms with van der Waals surface area (Å²) in [4.78, 5) is 0. The van der Waals surface area contributed by atoms with Crippen molar-refractivity contribution in [1.29, 1.82) is 0 Å². The van der Waals surface area contributed by atoms with E-state index in [1.807, 2.05) is 54.6 Å². The van der Waals surface area contributed by atoms with Gasteiger partial charge in [-0.15, -0.1) is 0 Å². The first kappa shape index (κ1) is 18.6. The Kier molecular flexibility index (Phi) is 5.26. The lowest BCUT2D eigenvalue weighted by atomic mass is 9.86. The molecule has 3 aromatic carbocycles. The van der Waals surface area contributed by atoms with Gasteiger partial charge in [0.25, 0.3) is 0 Å². The van der Waals surface area contributed by atoms with Gasteiger partial charge < -0.3 is 22.9 Å². The Morgan fingerprint density at radius 3 is 1.74 bits per heavy atom. The maximum atomic E-state index is 6.68. The van der Waals surface area contributed by atoms with Gasteiger partial charge in [0.05, 0.1) is 0 Å². The Morgan fingerprint density at radius 2 is 1.22 bits per heavy atom. The summed E-state index contributed by atoms with van der Waals surface area (Å²) in [5, 5.41) is 0. The highest BCUT2D eigenvalue weighted by Gasteiger charge is 2.20. The van der Waals surface area contributed by atoms with Crippen molar-refractivity contribution >= 4 is 22.7 Å². The lowest BCUT2D eigenvalue weighted by molar-refractivity contribution is 0.587. The lowest BCUT2D eigenvalue weighted by Gasteiger charge is -2.21. The van der Waals surface area contributed by atoms with Crippen LogP contribution in [0.15, 0.2) is 54.6 Å². The van der Waals surface area contributed by atoms with Crippen LogP contribution < -0.4 is 22.9 Å². The highest BCUT2D eigenvalue weighted by molar-refractivity contribution is 6.03. The molecule has 3 rings (SSSR count). The van der Waals surface area contributed by atoms with Crippen LogP contribution in [0.2, 0.25) is 0 Å². The third kappa shape index (κ3) is 3.70. The van der Waals surface area contributed by atoms with Gasteiger partial charge in [0.15, 0.2) is 0 Å². The second-order valence-electron chi connectivity index (χ2n) is 7.40. The predicted molar refractivity (Wildman–Crippen MR) is 118 cm³/mol. The zero-order valence-electron chi connectivity index (χ0n) is 16.0. The van der Waals surface area contributed by atoms with E-state index in [-0.39, 0.29) is 0 Å². The van der Waals surface area contributed by atoms with Gasteiger partial charge in [-0.1, -0.05) is 50.2 Å². The molecule has 27 heavy (non-hydrogen) atoms. The summed E-state index contributed by atoms with van der Waals surface area (Å²) in [6, 6.07) is 17.4. The molecular formula is C23H28N4. The molecule has 0 saturated heterocycles. The maximum absolute atomic E-state index is 6.68. The Labute approximate surface area is 161 Å². The van der Waals surface area contributed by atoms with E-state index < -0.39 is 0 Å². The summed E-state index contributed by atoms with van der Waals surface area (Å²) in [6.07, 6.45) is 1.91. The van der Waals surface area contributed by atoms with E-state index in [9.17, 15) is 0 Å². The highest BCUT2D eigenvalue weighted by Crippen LogP contribution is 2.46. The van der Waals surface area contributed by atoms with E-state index in [2.05, 4.69) is 13.8 Å². The smallest absolute Gasteiger partial charge is 0.0434 e. The predicted octanol–water partition coefficient (Wildman–Crippen LogP) is 4.94. The third-order valence-corrected chi connectivity index (χ3v) is 4.93. The molecule has 140 valence electrons. The maximum Gasteiger partial charge on any atom is 0.0434 e. The second-order valence-corrected chi connectivity index (χ2v) is 7.40. The standard InChI is InChI=1S/C23H28N4/c1-14(2)11-12-15-13-20(26)21(16-7-3-5-9-18(16)24)22(23(15)27)17-8-4-6-10-19(17)25/h3-10,13-14H,11-12,24-27H2,1-2H3. The Morgan fingerprint density at radius 1 is 0.704 bits per heavy atom. The van der Waals surface area contributed by atoms with Crippen LogP contribution in [0, 0.1) is 5.92 Å². The van der Waals surface area contributed by atoms with Gasteiger partial charge in [0.1, 0.15) is 0 Å². The molecule has 0 aliphatic rings. The number of aryl methyl sites for hydroxylation is 1. The van der Waals surface area contributed by atoms with Gasteiger partial charge in [-0.25, -0.2) is 0 Å². The van der Waals surface area contributed by atoms with Gasteiger partial charge in [0, 0.05) is 45.0 Å². The van der Waals surface area contributed by atoms with Crippen LogP contribution >= 0.6 is 0 Å². The van der Waals surface area contributed by atoms with Crippen LogP contribution in [0.3, 0.4) is 0 Å². The molecule has 0 aliphatic carbocycles. The van der Waals surface area contributed by atoms with Crippen molar-refractivity contribution in [2.45, 2.75) is 26.7 Å². The largest absolute Gasteiger partial charge is 0.398 e. The molecule has 4 heteroatoms. The number of nitrogen functional groups attached to an aromatic ring is 4. The SMILES string of the molecule is CC(C)CCc1cc(N)c(-c2ccccc2N)c(-c2ccccc2N)c1N. The molecular weight excluding hydrogens is 332 g/mol. The molecule has 0 spiro atoms. The molecule has 0 heterocycles. The minimum atomic E-state index is 0.584. The van der Waals surface area contributed by atoms with Crippen molar-refractivity contribution in [2.24, 2.45) is 5.92 Å². The van der Waals surface area contributed by atoms with Crippen molar-refractivity contribution in [2.75, 3.05) is 22.9 Å². The van der Waals surface area contributed by atoms with Crippen molar-refractivity contribution in [3.63, 3.8) is 0 Å². The molecule has 0 amide bonds. The molecule has 3 aromatic rings.